The van der Waals surface area contributed by atoms with Gasteiger partial charge in [0.05, 0.1) is 5.56 Å². The summed E-state index contributed by atoms with van der Waals surface area (Å²) in [6.07, 6.45) is 5.58. The molecule has 0 bridgehead atoms. The Kier molecular flexibility index (Phi) is 4.82. The highest BCUT2D eigenvalue weighted by atomic mass is 79.9. The average Bonchev–Trinajstić information content (AvgIpc) is 2.55. The van der Waals surface area contributed by atoms with Crippen molar-refractivity contribution in [1.82, 2.24) is 0 Å². The summed E-state index contributed by atoms with van der Waals surface area (Å²) in [6.45, 7) is 0. The van der Waals surface area contributed by atoms with Crippen LogP contribution in [0.25, 0.3) is 0 Å². The summed E-state index contributed by atoms with van der Waals surface area (Å²) < 4.78 is 6.61. The van der Waals surface area contributed by atoms with Gasteiger partial charge in [0, 0.05) is 10.5 Å². The third kappa shape index (κ3) is 3.70. The van der Waals surface area contributed by atoms with Crippen molar-refractivity contribution in [2.24, 2.45) is 11.5 Å². The Morgan fingerprint density at radius 2 is 2.00 bits per heavy atom. The standard InChI is InChI=1S/C14H19BrN2O2/c15-11-8-9(6-7-10(11)14(17)18)19-13-5-3-1-2-4-12(13)16/h6-8,12-13H,1-5,16H2,(H2,17,18). The summed E-state index contributed by atoms with van der Waals surface area (Å²) in [4.78, 5) is 11.2. The zero-order chi connectivity index (χ0) is 13.8. The van der Waals surface area contributed by atoms with E-state index in [0.29, 0.717) is 10.0 Å². The second kappa shape index (κ2) is 6.39. The summed E-state index contributed by atoms with van der Waals surface area (Å²) in [6, 6.07) is 5.29. The Labute approximate surface area is 121 Å². The summed E-state index contributed by atoms with van der Waals surface area (Å²) in [5.74, 6) is 0.267. The maximum atomic E-state index is 11.2. The largest absolute Gasteiger partial charge is 0.489 e. The van der Waals surface area contributed by atoms with Crippen LogP contribution in [0.5, 0.6) is 5.75 Å². The van der Waals surface area contributed by atoms with Crippen LogP contribution >= 0.6 is 15.9 Å². The van der Waals surface area contributed by atoms with E-state index in [1.54, 1.807) is 18.2 Å². The third-order valence-electron chi connectivity index (χ3n) is 3.50. The van der Waals surface area contributed by atoms with E-state index in [2.05, 4.69) is 15.9 Å². The fraction of sp³-hybridized carbons (Fsp3) is 0.500. The van der Waals surface area contributed by atoms with E-state index in [-0.39, 0.29) is 12.1 Å². The first-order valence-electron chi connectivity index (χ1n) is 6.59. The van der Waals surface area contributed by atoms with Gasteiger partial charge in [-0.15, -0.1) is 0 Å². The van der Waals surface area contributed by atoms with Crippen molar-refractivity contribution in [1.29, 1.82) is 0 Å². The number of hydrogen-bond donors (Lipinski definition) is 2. The van der Waals surface area contributed by atoms with Gasteiger partial charge in [-0.1, -0.05) is 12.8 Å². The molecule has 4 nitrogen and oxygen atoms in total. The molecule has 1 fully saturated rings. The minimum atomic E-state index is -0.454. The van der Waals surface area contributed by atoms with Crippen molar-refractivity contribution in [3.63, 3.8) is 0 Å². The van der Waals surface area contributed by atoms with E-state index < -0.39 is 5.91 Å². The van der Waals surface area contributed by atoms with Crippen molar-refractivity contribution in [2.45, 2.75) is 44.2 Å². The molecule has 0 aromatic heterocycles. The van der Waals surface area contributed by atoms with E-state index in [9.17, 15) is 4.79 Å². The zero-order valence-corrected chi connectivity index (χ0v) is 12.4. The maximum absolute atomic E-state index is 11.2. The molecular weight excluding hydrogens is 308 g/mol. The lowest BCUT2D eigenvalue weighted by Gasteiger charge is -2.23. The van der Waals surface area contributed by atoms with Gasteiger partial charge in [0.2, 0.25) is 5.91 Å². The number of halogens is 1. The molecule has 2 atom stereocenters. The molecule has 0 radical (unpaired) electrons. The molecule has 0 spiro atoms. The molecule has 1 aromatic rings. The topological polar surface area (TPSA) is 78.3 Å². The number of ether oxygens (including phenoxy) is 1. The Hall–Kier alpha value is -1.07. The summed E-state index contributed by atoms with van der Waals surface area (Å²) in [7, 11) is 0. The minimum absolute atomic E-state index is 0.0498. The number of carbonyl (C=O) groups is 1. The molecule has 0 aliphatic heterocycles. The van der Waals surface area contributed by atoms with Crippen LogP contribution in [-0.4, -0.2) is 18.1 Å². The fourth-order valence-electron chi connectivity index (χ4n) is 2.39. The molecule has 1 amide bonds. The molecule has 104 valence electrons. The third-order valence-corrected chi connectivity index (χ3v) is 4.15. The van der Waals surface area contributed by atoms with Gasteiger partial charge in [-0.25, -0.2) is 0 Å². The highest BCUT2D eigenvalue weighted by Gasteiger charge is 2.22. The lowest BCUT2D eigenvalue weighted by Crippen LogP contribution is -2.37. The molecular formula is C14H19BrN2O2. The predicted molar refractivity (Wildman–Crippen MR) is 78.1 cm³/mol. The van der Waals surface area contributed by atoms with Gasteiger partial charge in [-0.2, -0.15) is 0 Å². The smallest absolute Gasteiger partial charge is 0.249 e. The summed E-state index contributed by atoms with van der Waals surface area (Å²) >= 11 is 3.33. The Bertz CT molecular complexity index is 465. The van der Waals surface area contributed by atoms with Gasteiger partial charge in [-0.3, -0.25) is 4.79 Å². The lowest BCUT2D eigenvalue weighted by molar-refractivity contribution is 0.0999. The van der Waals surface area contributed by atoms with Crippen molar-refractivity contribution in [2.75, 3.05) is 0 Å². The van der Waals surface area contributed by atoms with Gasteiger partial charge < -0.3 is 16.2 Å². The molecule has 0 saturated heterocycles. The number of carbonyl (C=O) groups excluding carboxylic acids is 1. The van der Waals surface area contributed by atoms with E-state index >= 15 is 0 Å². The zero-order valence-electron chi connectivity index (χ0n) is 10.8. The Balaban J connectivity index is 2.10. The first kappa shape index (κ1) is 14.3. The Morgan fingerprint density at radius 1 is 1.26 bits per heavy atom. The molecule has 4 N–H and O–H groups in total. The molecule has 2 unspecified atom stereocenters. The molecule has 0 heterocycles. The molecule has 1 saturated carbocycles. The van der Waals surface area contributed by atoms with Crippen molar-refractivity contribution in [3.8, 4) is 5.75 Å². The SMILES string of the molecule is NC(=O)c1ccc(OC2CCCCCC2N)cc1Br. The van der Waals surface area contributed by atoms with Gasteiger partial charge in [0.25, 0.3) is 0 Å². The van der Waals surface area contributed by atoms with Gasteiger partial charge >= 0.3 is 0 Å². The van der Waals surface area contributed by atoms with Crippen LogP contribution in [0.4, 0.5) is 0 Å². The number of primary amides is 1. The van der Waals surface area contributed by atoms with Crippen LogP contribution in [0.2, 0.25) is 0 Å². The first-order valence-corrected chi connectivity index (χ1v) is 7.39. The highest BCUT2D eigenvalue weighted by Crippen LogP contribution is 2.26. The quantitative estimate of drug-likeness (QED) is 0.838. The van der Waals surface area contributed by atoms with Crippen molar-refractivity contribution < 1.29 is 9.53 Å². The minimum Gasteiger partial charge on any atom is -0.489 e. The van der Waals surface area contributed by atoms with Crippen LogP contribution in [0, 0.1) is 0 Å². The second-order valence-electron chi connectivity index (χ2n) is 4.96. The molecule has 5 heteroatoms. The summed E-state index contributed by atoms with van der Waals surface area (Å²) in [5.41, 5.74) is 11.9. The maximum Gasteiger partial charge on any atom is 0.249 e. The lowest BCUT2D eigenvalue weighted by atomic mass is 10.1. The Morgan fingerprint density at radius 3 is 2.68 bits per heavy atom. The number of rotatable bonds is 3. The molecule has 2 rings (SSSR count). The first-order chi connectivity index (χ1) is 9.08. The van der Waals surface area contributed by atoms with Gasteiger partial charge in [0.1, 0.15) is 11.9 Å². The average molecular weight is 327 g/mol. The second-order valence-corrected chi connectivity index (χ2v) is 5.82. The van der Waals surface area contributed by atoms with Crippen LogP contribution < -0.4 is 16.2 Å². The van der Waals surface area contributed by atoms with Crippen molar-refractivity contribution >= 4 is 21.8 Å². The highest BCUT2D eigenvalue weighted by molar-refractivity contribution is 9.10. The van der Waals surface area contributed by atoms with Gasteiger partial charge in [-0.05, 0) is 53.4 Å². The number of amides is 1. The van der Waals surface area contributed by atoms with E-state index in [1.165, 1.54) is 12.8 Å². The fourth-order valence-corrected chi connectivity index (χ4v) is 2.95. The monoisotopic (exact) mass is 326 g/mol. The van der Waals surface area contributed by atoms with Gasteiger partial charge in [0.15, 0.2) is 0 Å². The van der Waals surface area contributed by atoms with Crippen molar-refractivity contribution in [3.05, 3.63) is 28.2 Å². The van der Waals surface area contributed by atoms with Crippen LogP contribution in [0.1, 0.15) is 42.5 Å². The molecule has 1 aliphatic carbocycles. The van der Waals surface area contributed by atoms with Crippen LogP contribution in [0.15, 0.2) is 22.7 Å². The number of nitrogens with two attached hydrogens (primary N) is 2. The van der Waals surface area contributed by atoms with E-state index in [1.807, 2.05) is 0 Å². The normalized spacial score (nSPS) is 23.7. The van der Waals surface area contributed by atoms with Crippen LogP contribution in [0.3, 0.4) is 0 Å². The van der Waals surface area contributed by atoms with E-state index in [4.69, 9.17) is 16.2 Å². The molecule has 19 heavy (non-hydrogen) atoms. The number of hydrogen-bond acceptors (Lipinski definition) is 3. The summed E-state index contributed by atoms with van der Waals surface area (Å²) in [5, 5.41) is 0. The predicted octanol–water partition coefficient (Wildman–Crippen LogP) is 2.59. The molecule has 1 aromatic carbocycles. The van der Waals surface area contributed by atoms with E-state index in [0.717, 1.165) is 25.0 Å². The molecule has 1 aliphatic rings. The van der Waals surface area contributed by atoms with Crippen LogP contribution in [-0.2, 0) is 0 Å². The number of benzene rings is 1.